The van der Waals surface area contributed by atoms with Crippen molar-refractivity contribution < 1.29 is 0 Å². The minimum absolute atomic E-state index is 0.106. The molecule has 0 nitrogen and oxygen atoms in total. The van der Waals surface area contributed by atoms with Gasteiger partial charge in [-0.05, 0) is 37.5 Å². The van der Waals surface area contributed by atoms with Crippen molar-refractivity contribution in [2.45, 2.75) is 0 Å². The maximum atomic E-state index is 2.51. The fraction of sp³-hybridized carbons (Fsp3) is 1.00. The molecule has 1 aliphatic rings. The van der Waals surface area contributed by atoms with Crippen molar-refractivity contribution in [1.29, 1.82) is 0 Å². The summed E-state index contributed by atoms with van der Waals surface area (Å²) in [5.74, 6) is 0. The third-order valence-electron chi connectivity index (χ3n) is 2.88. The van der Waals surface area contributed by atoms with E-state index < -0.39 is 0 Å². The average Bonchev–Trinajstić information content (AvgIpc) is 1.84. The quantitative estimate of drug-likeness (QED) is 0.403. The molecule has 0 saturated carbocycles. The van der Waals surface area contributed by atoms with Crippen LogP contribution in [0.25, 0.3) is 0 Å². The molecule has 0 spiro atoms. The van der Waals surface area contributed by atoms with Crippen molar-refractivity contribution in [1.82, 2.24) is 0 Å². The summed E-state index contributed by atoms with van der Waals surface area (Å²) in [6, 6.07) is 0. The van der Waals surface area contributed by atoms with Gasteiger partial charge in [-0.25, -0.2) is 0 Å². The lowest BCUT2D eigenvalue weighted by Gasteiger charge is -2.12. The van der Waals surface area contributed by atoms with Crippen molar-refractivity contribution in [3.8, 4) is 0 Å². The van der Waals surface area contributed by atoms with Gasteiger partial charge in [0.05, 0.1) is 0 Å². The molecule has 0 N–H and O–H groups in total. The first kappa shape index (κ1) is 8.15. The van der Waals surface area contributed by atoms with Gasteiger partial charge in [0.25, 0.3) is 0 Å². The zero-order valence-corrected chi connectivity index (χ0v) is 9.67. The normalized spacial score (nSPS) is 44.7. The molecule has 3 heteroatoms. The van der Waals surface area contributed by atoms with Gasteiger partial charge in [-0.15, -0.1) is 0 Å². The summed E-state index contributed by atoms with van der Waals surface area (Å²) in [7, 11) is -0.319. The van der Waals surface area contributed by atoms with E-state index in [0.717, 1.165) is 0 Å². The topological polar surface area (TPSA) is 0 Å². The summed E-state index contributed by atoms with van der Waals surface area (Å²) in [6.45, 7) is 0. The van der Waals surface area contributed by atoms with Gasteiger partial charge in [0.1, 0.15) is 0 Å². The van der Waals surface area contributed by atoms with Gasteiger partial charge in [0.2, 0.25) is 0 Å². The Balaban J connectivity index is 2.91. The van der Waals surface area contributed by atoms with E-state index in [0.29, 0.717) is 0 Å². The molecule has 0 radical (unpaired) electrons. The molecule has 0 unspecified atom stereocenters. The molecule has 0 atom stereocenters. The monoisotopic (exact) mass is 186 g/mol. The molecule has 1 saturated heterocycles. The first-order valence-electron chi connectivity index (χ1n) is 2.95. The molecule has 1 aliphatic heterocycles. The van der Waals surface area contributed by atoms with E-state index in [9.17, 15) is 0 Å². The van der Waals surface area contributed by atoms with Crippen molar-refractivity contribution in [3.05, 3.63) is 0 Å². The standard InChI is InChI=1S/C6H18S3/c1-7(2)8(3,4)9(7,5)6/h1-6H3. The lowest BCUT2D eigenvalue weighted by atomic mass is 11.9. The van der Waals surface area contributed by atoms with Gasteiger partial charge in [0, 0.05) is 0 Å². The summed E-state index contributed by atoms with van der Waals surface area (Å²) in [6.07, 6.45) is 15.1. The maximum absolute atomic E-state index is 2.51. The highest BCUT2D eigenvalue weighted by molar-refractivity contribution is 9.87. The highest BCUT2D eigenvalue weighted by atomic mass is 34.2. The second-order valence-electron chi connectivity index (χ2n) is 3.43. The Labute approximate surface area is 61.9 Å². The highest BCUT2D eigenvalue weighted by Crippen LogP contribution is 3.23. The number of hydrogen-bond donors (Lipinski definition) is 0. The van der Waals surface area contributed by atoms with Crippen LogP contribution in [0.1, 0.15) is 0 Å². The molecule has 0 aromatic rings. The van der Waals surface area contributed by atoms with E-state index in [1.165, 1.54) is 0 Å². The van der Waals surface area contributed by atoms with Crippen LogP contribution in [0, 0.1) is 0 Å². The van der Waals surface area contributed by atoms with E-state index in [1.807, 2.05) is 0 Å². The second kappa shape index (κ2) is 1.62. The van der Waals surface area contributed by atoms with Gasteiger partial charge in [0.15, 0.2) is 0 Å². The van der Waals surface area contributed by atoms with E-state index in [2.05, 4.69) is 37.5 Å². The van der Waals surface area contributed by atoms with Gasteiger partial charge in [-0.3, -0.25) is 0 Å². The van der Waals surface area contributed by atoms with E-state index in [1.54, 1.807) is 0 Å². The highest BCUT2D eigenvalue weighted by Gasteiger charge is 2.60. The van der Waals surface area contributed by atoms with Gasteiger partial charge < -0.3 is 0 Å². The Morgan fingerprint density at radius 2 is 0.556 bits per heavy atom. The average molecular weight is 186 g/mol. The minimum Gasteiger partial charge on any atom is -0.169 e. The molecule has 0 aromatic heterocycles. The molecule has 0 amide bonds. The maximum Gasteiger partial charge on any atom is -0.0187 e. The van der Waals surface area contributed by atoms with Crippen molar-refractivity contribution in [3.63, 3.8) is 0 Å². The zero-order valence-electron chi connectivity index (χ0n) is 7.22. The molecule has 1 rings (SSSR count). The van der Waals surface area contributed by atoms with Crippen LogP contribution >= 0.6 is 24.3 Å². The Bertz CT molecular complexity index is 106. The van der Waals surface area contributed by atoms with Gasteiger partial charge in [-0.1, -0.05) is 0 Å². The van der Waals surface area contributed by atoms with Crippen molar-refractivity contribution in [2.24, 2.45) is 0 Å². The smallest absolute Gasteiger partial charge is 0.0187 e. The van der Waals surface area contributed by atoms with Crippen LogP contribution < -0.4 is 0 Å². The number of hydrogen-bond acceptors (Lipinski definition) is 0. The molecular formula is C6H18S3. The number of rotatable bonds is 0. The minimum atomic E-state index is -0.106. The fourth-order valence-corrected chi connectivity index (χ4v) is 35.5. The van der Waals surface area contributed by atoms with E-state index in [4.69, 9.17) is 0 Å². The Hall–Kier alpha value is 1.05. The van der Waals surface area contributed by atoms with Crippen LogP contribution in [-0.2, 0) is 0 Å². The molecule has 1 fully saturated rings. The zero-order chi connectivity index (χ0) is 7.50. The Kier molecular flexibility index (Phi) is 1.46. The SMILES string of the molecule is CS1(C)S(C)(C)S1(C)C. The molecule has 0 bridgehead atoms. The van der Waals surface area contributed by atoms with Crippen LogP contribution in [0.4, 0.5) is 0 Å². The molecule has 0 aliphatic carbocycles. The summed E-state index contributed by atoms with van der Waals surface area (Å²) in [5.41, 5.74) is 0. The predicted octanol–water partition coefficient (Wildman–Crippen LogP) is 2.94. The molecule has 1 heterocycles. The second-order valence-corrected chi connectivity index (χ2v) is 27.2. The third-order valence-corrected chi connectivity index (χ3v) is 41.9. The van der Waals surface area contributed by atoms with Gasteiger partial charge >= 0.3 is 0 Å². The van der Waals surface area contributed by atoms with Crippen LogP contribution in [-0.4, -0.2) is 37.5 Å². The predicted molar refractivity (Wildman–Crippen MR) is 58.3 cm³/mol. The molecular weight excluding hydrogens is 168 g/mol. The lowest BCUT2D eigenvalue weighted by Crippen LogP contribution is -1.69. The van der Waals surface area contributed by atoms with Crippen molar-refractivity contribution >= 4 is 24.3 Å². The molecule has 60 valence electrons. The lowest BCUT2D eigenvalue weighted by molar-refractivity contribution is 2.29. The van der Waals surface area contributed by atoms with E-state index >= 15 is 0 Å². The molecule has 0 aromatic carbocycles. The first-order valence-corrected chi connectivity index (χ1v) is 11.8. The largest absolute Gasteiger partial charge is 0.169 e. The van der Waals surface area contributed by atoms with Crippen molar-refractivity contribution in [2.75, 3.05) is 37.5 Å². The summed E-state index contributed by atoms with van der Waals surface area (Å²) in [5, 5.41) is 0. The van der Waals surface area contributed by atoms with Gasteiger partial charge in [-0.2, -0.15) is 24.3 Å². The fourth-order valence-electron chi connectivity index (χ4n) is 0.983. The van der Waals surface area contributed by atoms with Crippen LogP contribution in [0.2, 0.25) is 0 Å². The Morgan fingerprint density at radius 1 is 0.444 bits per heavy atom. The van der Waals surface area contributed by atoms with Crippen LogP contribution in [0.15, 0.2) is 0 Å². The van der Waals surface area contributed by atoms with Crippen LogP contribution in [0.3, 0.4) is 0 Å². The van der Waals surface area contributed by atoms with E-state index in [-0.39, 0.29) is 24.3 Å². The summed E-state index contributed by atoms with van der Waals surface area (Å²) >= 11 is 0. The summed E-state index contributed by atoms with van der Waals surface area (Å²) in [4.78, 5) is 0. The first-order chi connectivity index (χ1) is 3.75. The van der Waals surface area contributed by atoms with Crippen LogP contribution in [0.5, 0.6) is 0 Å². The molecule has 9 heavy (non-hydrogen) atoms. The Morgan fingerprint density at radius 3 is 0.556 bits per heavy atom. The summed E-state index contributed by atoms with van der Waals surface area (Å²) < 4.78 is 0. The third kappa shape index (κ3) is 0.663.